The number of aromatic nitrogens is 3. The van der Waals surface area contributed by atoms with Crippen LogP contribution in [0.4, 0.5) is 11.8 Å². The van der Waals surface area contributed by atoms with Crippen LogP contribution in [0.25, 0.3) is 0 Å². The average molecular weight is 572 g/mol. The van der Waals surface area contributed by atoms with Gasteiger partial charge < -0.3 is 20.4 Å². The Morgan fingerprint density at radius 1 is 1.06 bits per heavy atom. The molecule has 2 fully saturated rings. The number of nitrogens with zero attached hydrogens (tertiary/aromatic N) is 7. The number of hydrogen-bond acceptors (Lipinski definition) is 7. The fourth-order valence-electron chi connectivity index (χ4n) is 4.03. The second-order valence-electron chi connectivity index (χ2n) is 7.76. The molecule has 2 aromatic heterocycles. The van der Waals surface area contributed by atoms with Gasteiger partial charge in [0.2, 0.25) is 5.95 Å². The molecule has 1 unspecified atom stereocenters. The summed E-state index contributed by atoms with van der Waals surface area (Å²) in [5.74, 6) is 2.52. The Morgan fingerprint density at radius 3 is 2.53 bits per heavy atom. The maximum atomic E-state index is 6.30. The highest BCUT2D eigenvalue weighted by molar-refractivity contribution is 14.0. The molecule has 32 heavy (non-hydrogen) atoms. The molecule has 2 aromatic rings. The fourth-order valence-corrected chi connectivity index (χ4v) is 4.27. The van der Waals surface area contributed by atoms with E-state index >= 15 is 0 Å². The van der Waals surface area contributed by atoms with Crippen molar-refractivity contribution in [1.82, 2.24) is 30.5 Å². The molecule has 0 bridgehead atoms. The van der Waals surface area contributed by atoms with Crippen molar-refractivity contribution in [3.05, 3.63) is 41.8 Å². The predicted molar refractivity (Wildman–Crippen MR) is 140 cm³/mol. The first-order valence-corrected chi connectivity index (χ1v) is 11.2. The fraction of sp³-hybridized carbons (Fsp3) is 0.524. The van der Waals surface area contributed by atoms with E-state index in [9.17, 15) is 0 Å². The Bertz CT molecular complexity index is 861. The lowest BCUT2D eigenvalue weighted by atomic mass is 10.3. The Morgan fingerprint density at radius 2 is 1.81 bits per heavy atom. The molecule has 0 radical (unpaired) electrons. The van der Waals surface area contributed by atoms with Gasteiger partial charge in [0.15, 0.2) is 5.96 Å². The Hall–Kier alpha value is -1.92. The first kappa shape index (κ1) is 24.7. The minimum absolute atomic E-state index is 0. The van der Waals surface area contributed by atoms with E-state index < -0.39 is 0 Å². The van der Waals surface area contributed by atoms with Gasteiger partial charge >= 0.3 is 0 Å². The first-order valence-electron chi connectivity index (χ1n) is 10.8. The standard InChI is InChI=1S/C21H30ClN9.HI/c1-23-20(28-17-5-10-31(16-17)19-18(22)4-2-6-24-19)25-9-11-29-12-14-30(15-13-29)21-26-7-3-8-27-21;/h2-4,6-8,17H,5,9-16H2,1H3,(H2,23,25,28);1H. The molecule has 0 aliphatic carbocycles. The van der Waals surface area contributed by atoms with Crippen molar-refractivity contribution < 1.29 is 0 Å². The van der Waals surface area contributed by atoms with Gasteiger partial charge in [0.25, 0.3) is 0 Å². The smallest absolute Gasteiger partial charge is 0.225 e. The zero-order chi connectivity index (χ0) is 21.5. The maximum absolute atomic E-state index is 6.30. The number of halogens is 2. The van der Waals surface area contributed by atoms with Gasteiger partial charge in [0, 0.05) is 84.0 Å². The summed E-state index contributed by atoms with van der Waals surface area (Å²) >= 11 is 6.30. The molecule has 9 nitrogen and oxygen atoms in total. The molecule has 4 rings (SSSR count). The van der Waals surface area contributed by atoms with E-state index in [-0.39, 0.29) is 24.0 Å². The minimum Gasteiger partial charge on any atom is -0.355 e. The third kappa shape index (κ3) is 6.55. The zero-order valence-electron chi connectivity index (χ0n) is 18.3. The number of piperazine rings is 1. The summed E-state index contributed by atoms with van der Waals surface area (Å²) in [7, 11) is 1.82. The second-order valence-corrected chi connectivity index (χ2v) is 8.17. The third-order valence-electron chi connectivity index (χ3n) is 5.72. The van der Waals surface area contributed by atoms with Crippen LogP contribution in [-0.4, -0.2) is 91.3 Å². The van der Waals surface area contributed by atoms with Crippen LogP contribution in [0.3, 0.4) is 0 Å². The SMILES string of the molecule is CN=C(NCCN1CCN(c2ncccn2)CC1)NC1CCN(c2ncccc2Cl)C1.I. The highest BCUT2D eigenvalue weighted by Gasteiger charge is 2.25. The molecule has 4 heterocycles. The minimum atomic E-state index is 0. The lowest BCUT2D eigenvalue weighted by molar-refractivity contribution is 0.260. The van der Waals surface area contributed by atoms with Crippen molar-refractivity contribution in [3.63, 3.8) is 0 Å². The molecule has 11 heteroatoms. The summed E-state index contributed by atoms with van der Waals surface area (Å²) in [6.45, 7) is 7.54. The average Bonchev–Trinajstić information content (AvgIpc) is 3.28. The summed E-state index contributed by atoms with van der Waals surface area (Å²) in [4.78, 5) is 24.4. The normalized spacial score (nSPS) is 19.6. The van der Waals surface area contributed by atoms with Gasteiger partial charge in [-0.1, -0.05) is 11.6 Å². The molecule has 0 spiro atoms. The molecular weight excluding hydrogens is 541 g/mol. The predicted octanol–water partition coefficient (Wildman–Crippen LogP) is 1.71. The number of rotatable bonds is 6. The van der Waals surface area contributed by atoms with Crippen LogP contribution >= 0.6 is 35.6 Å². The van der Waals surface area contributed by atoms with Gasteiger partial charge in [-0.3, -0.25) is 9.89 Å². The highest BCUT2D eigenvalue weighted by Crippen LogP contribution is 2.25. The third-order valence-corrected chi connectivity index (χ3v) is 6.01. The summed E-state index contributed by atoms with van der Waals surface area (Å²) in [5, 5.41) is 7.68. The van der Waals surface area contributed by atoms with Crippen LogP contribution in [0.15, 0.2) is 41.8 Å². The number of hydrogen-bond donors (Lipinski definition) is 2. The van der Waals surface area contributed by atoms with Crippen LogP contribution < -0.4 is 20.4 Å². The van der Waals surface area contributed by atoms with Gasteiger partial charge in [0.05, 0.1) is 5.02 Å². The number of anilines is 2. The van der Waals surface area contributed by atoms with E-state index in [0.29, 0.717) is 11.1 Å². The van der Waals surface area contributed by atoms with Gasteiger partial charge in [-0.15, -0.1) is 24.0 Å². The molecule has 0 saturated carbocycles. The number of nitrogens with one attached hydrogen (secondary N) is 2. The molecule has 2 aliphatic rings. The molecular formula is C21H31ClIN9. The summed E-state index contributed by atoms with van der Waals surface area (Å²) in [6, 6.07) is 5.92. The lowest BCUT2D eigenvalue weighted by Gasteiger charge is -2.34. The Balaban J connectivity index is 0.00000289. The molecule has 1 atom stereocenters. The number of guanidine groups is 1. The van der Waals surface area contributed by atoms with Crippen molar-refractivity contribution in [2.45, 2.75) is 12.5 Å². The van der Waals surface area contributed by atoms with E-state index in [0.717, 1.165) is 76.5 Å². The van der Waals surface area contributed by atoms with Crippen molar-refractivity contribution in [2.75, 3.05) is 69.2 Å². The highest BCUT2D eigenvalue weighted by atomic mass is 127. The van der Waals surface area contributed by atoms with E-state index in [1.165, 1.54) is 0 Å². The molecule has 2 saturated heterocycles. The quantitative estimate of drug-likeness (QED) is 0.308. The topological polar surface area (TPSA) is 84.8 Å². The van der Waals surface area contributed by atoms with E-state index in [1.807, 2.05) is 25.2 Å². The maximum Gasteiger partial charge on any atom is 0.225 e. The van der Waals surface area contributed by atoms with Crippen molar-refractivity contribution >= 4 is 53.3 Å². The van der Waals surface area contributed by atoms with Gasteiger partial charge in [-0.25, -0.2) is 15.0 Å². The van der Waals surface area contributed by atoms with Crippen molar-refractivity contribution in [3.8, 4) is 0 Å². The van der Waals surface area contributed by atoms with E-state index in [2.05, 4.69) is 45.3 Å². The van der Waals surface area contributed by atoms with Gasteiger partial charge in [0.1, 0.15) is 5.82 Å². The largest absolute Gasteiger partial charge is 0.355 e. The molecule has 0 amide bonds. The van der Waals surface area contributed by atoms with Crippen LogP contribution in [0, 0.1) is 0 Å². The first-order chi connectivity index (χ1) is 15.2. The zero-order valence-corrected chi connectivity index (χ0v) is 21.4. The molecule has 0 aromatic carbocycles. The van der Waals surface area contributed by atoms with E-state index in [1.54, 1.807) is 18.6 Å². The second kappa shape index (κ2) is 12.4. The monoisotopic (exact) mass is 571 g/mol. The molecule has 2 aliphatic heterocycles. The number of pyridine rings is 1. The van der Waals surface area contributed by atoms with Crippen molar-refractivity contribution in [2.24, 2.45) is 4.99 Å². The van der Waals surface area contributed by atoms with Gasteiger partial charge in [-0.2, -0.15) is 0 Å². The van der Waals surface area contributed by atoms with Gasteiger partial charge in [-0.05, 0) is 24.6 Å². The summed E-state index contributed by atoms with van der Waals surface area (Å²) in [5.41, 5.74) is 0. The number of aliphatic imine (C=N–C) groups is 1. The van der Waals surface area contributed by atoms with Crippen LogP contribution in [-0.2, 0) is 0 Å². The molecule has 2 N–H and O–H groups in total. The lowest BCUT2D eigenvalue weighted by Crippen LogP contribution is -2.50. The Kier molecular flexibility index (Phi) is 9.54. The summed E-state index contributed by atoms with van der Waals surface area (Å²) in [6.07, 6.45) is 6.41. The van der Waals surface area contributed by atoms with Crippen LogP contribution in [0.2, 0.25) is 5.02 Å². The summed E-state index contributed by atoms with van der Waals surface area (Å²) < 4.78 is 0. The van der Waals surface area contributed by atoms with Crippen LogP contribution in [0.5, 0.6) is 0 Å². The molecule has 174 valence electrons. The van der Waals surface area contributed by atoms with E-state index in [4.69, 9.17) is 11.6 Å². The van der Waals surface area contributed by atoms with Crippen molar-refractivity contribution in [1.29, 1.82) is 0 Å². The van der Waals surface area contributed by atoms with Crippen LogP contribution in [0.1, 0.15) is 6.42 Å². The Labute approximate surface area is 211 Å².